The van der Waals surface area contributed by atoms with Crippen LogP contribution < -0.4 is 15.8 Å². The van der Waals surface area contributed by atoms with Crippen molar-refractivity contribution in [3.63, 3.8) is 0 Å². The summed E-state index contributed by atoms with van der Waals surface area (Å²) in [6, 6.07) is 19.9. The van der Waals surface area contributed by atoms with Crippen LogP contribution in [0.3, 0.4) is 0 Å². The molecule has 150 valence electrons. The van der Waals surface area contributed by atoms with Crippen LogP contribution in [-0.2, 0) is 6.42 Å². The van der Waals surface area contributed by atoms with E-state index in [4.69, 9.17) is 18.0 Å². The number of aromatic nitrogens is 1. The largest absolute Gasteiger partial charge is 0.389 e. The van der Waals surface area contributed by atoms with E-state index < -0.39 is 6.10 Å². The first-order valence-corrected chi connectivity index (χ1v) is 10.5. The molecule has 0 aliphatic rings. The topological polar surface area (TPSA) is 83.2 Å². The summed E-state index contributed by atoms with van der Waals surface area (Å²) in [7, 11) is 0. The van der Waals surface area contributed by atoms with Crippen LogP contribution in [0, 0.1) is 0 Å². The third-order valence-electron chi connectivity index (χ3n) is 4.38. The van der Waals surface area contributed by atoms with Gasteiger partial charge < -0.3 is 20.9 Å². The fourth-order valence-electron chi connectivity index (χ4n) is 2.71. The molecule has 5 nitrogen and oxygen atoms in total. The molecule has 0 bridgehead atoms. The van der Waals surface area contributed by atoms with Gasteiger partial charge >= 0.3 is 0 Å². The van der Waals surface area contributed by atoms with Gasteiger partial charge in [0.2, 0.25) is 0 Å². The third-order valence-corrected chi connectivity index (χ3v) is 5.46. The Labute approximate surface area is 180 Å². The molecule has 29 heavy (non-hydrogen) atoms. The normalized spacial score (nSPS) is 11.8. The fraction of sp³-hybridized carbons (Fsp3) is 0.182. The molecule has 1 heterocycles. The highest BCUT2D eigenvalue weighted by molar-refractivity contribution is 8.00. The lowest BCUT2D eigenvalue weighted by molar-refractivity contribution is 0.174. The minimum atomic E-state index is -0.540. The lowest BCUT2D eigenvalue weighted by atomic mass is 10.1. The third kappa shape index (κ3) is 6.83. The number of aliphatic hydroxyl groups excluding tert-OH is 1. The van der Waals surface area contributed by atoms with Gasteiger partial charge in [0.25, 0.3) is 0 Å². The van der Waals surface area contributed by atoms with Crippen LogP contribution in [0.1, 0.15) is 22.8 Å². The number of nitrogens with two attached hydrogens (primary N) is 1. The monoisotopic (exact) mass is 424 g/mol. The average molecular weight is 425 g/mol. The van der Waals surface area contributed by atoms with E-state index in [0.29, 0.717) is 11.5 Å². The molecule has 0 amide bonds. The second-order valence-electron chi connectivity index (χ2n) is 6.55. The van der Waals surface area contributed by atoms with Gasteiger partial charge in [0.15, 0.2) is 0 Å². The highest BCUT2D eigenvalue weighted by Gasteiger charge is 2.06. The maximum Gasteiger partial charge on any atom is 0.103 e. The van der Waals surface area contributed by atoms with Crippen molar-refractivity contribution in [2.75, 3.05) is 17.8 Å². The molecule has 0 radical (unpaired) electrons. The molecule has 0 aliphatic heterocycles. The number of hydrogen-bond acceptors (Lipinski definition) is 6. The lowest BCUT2D eigenvalue weighted by Crippen LogP contribution is -2.23. The number of rotatable bonds is 10. The van der Waals surface area contributed by atoms with Crippen molar-refractivity contribution in [2.24, 2.45) is 5.73 Å². The average Bonchev–Trinajstić information content (AvgIpc) is 2.77. The molecule has 5 N–H and O–H groups in total. The number of aliphatic hydroxyl groups is 1. The smallest absolute Gasteiger partial charge is 0.103 e. The van der Waals surface area contributed by atoms with Gasteiger partial charge in [-0.05, 0) is 60.8 Å². The van der Waals surface area contributed by atoms with E-state index in [1.54, 1.807) is 24.3 Å². The van der Waals surface area contributed by atoms with Crippen LogP contribution in [0.4, 0.5) is 5.69 Å². The molecule has 1 unspecified atom stereocenters. The van der Waals surface area contributed by atoms with E-state index in [0.717, 1.165) is 34.7 Å². The van der Waals surface area contributed by atoms with Crippen LogP contribution in [0.5, 0.6) is 0 Å². The van der Waals surface area contributed by atoms with Crippen LogP contribution in [0.15, 0.2) is 78.0 Å². The van der Waals surface area contributed by atoms with E-state index in [1.807, 2.05) is 36.4 Å². The Bertz CT molecular complexity index is 902. The first kappa shape index (κ1) is 21.3. The van der Waals surface area contributed by atoms with Gasteiger partial charge in [0, 0.05) is 40.6 Å². The first-order chi connectivity index (χ1) is 14.1. The Hall–Kier alpha value is -2.45. The summed E-state index contributed by atoms with van der Waals surface area (Å²) in [5.74, 6) is 0. The number of nitrogens with zero attached hydrogens (tertiary/aromatic N) is 1. The van der Waals surface area contributed by atoms with Gasteiger partial charge in [-0.3, -0.25) is 4.98 Å². The van der Waals surface area contributed by atoms with Crippen molar-refractivity contribution in [1.29, 1.82) is 0 Å². The molecule has 0 saturated carbocycles. The lowest BCUT2D eigenvalue weighted by Gasteiger charge is -2.12. The molecule has 0 fully saturated rings. The van der Waals surface area contributed by atoms with E-state index in [-0.39, 0.29) is 0 Å². The molecule has 2 aromatic carbocycles. The maximum absolute atomic E-state index is 10.1. The first-order valence-electron chi connectivity index (χ1n) is 9.32. The summed E-state index contributed by atoms with van der Waals surface area (Å²) in [5, 5.41) is 13.4. The zero-order valence-electron chi connectivity index (χ0n) is 15.9. The van der Waals surface area contributed by atoms with Gasteiger partial charge in [-0.15, -0.1) is 0 Å². The van der Waals surface area contributed by atoms with E-state index >= 15 is 0 Å². The van der Waals surface area contributed by atoms with Gasteiger partial charge in [-0.1, -0.05) is 42.5 Å². The summed E-state index contributed by atoms with van der Waals surface area (Å²) in [4.78, 5) is 5.53. The Kier molecular flexibility index (Phi) is 8.01. The molecular formula is C22H24N4OS2. The van der Waals surface area contributed by atoms with Gasteiger partial charge in [0.1, 0.15) is 4.99 Å². The zero-order valence-corrected chi connectivity index (χ0v) is 17.5. The number of pyridine rings is 1. The SMILES string of the molecule is NC(=S)c1ccc(SNc2ccc(CCNCC(O)c3cccnc3)cc2)cc1. The Morgan fingerprint density at radius 3 is 2.52 bits per heavy atom. The predicted molar refractivity (Wildman–Crippen MR) is 124 cm³/mol. The summed E-state index contributed by atoms with van der Waals surface area (Å²) >= 11 is 6.51. The number of anilines is 1. The fourth-order valence-corrected chi connectivity index (χ4v) is 3.49. The molecular weight excluding hydrogens is 400 g/mol. The minimum absolute atomic E-state index is 0.408. The summed E-state index contributed by atoms with van der Waals surface area (Å²) in [6.45, 7) is 1.31. The standard InChI is InChI=1S/C22H24N4OS2/c23-22(28)17-5-9-20(10-6-17)29-26-19-7-3-16(4-8-19)11-13-25-15-21(27)18-2-1-12-24-14-18/h1-10,12,14,21,25-27H,11,13,15H2,(H2,23,28). The van der Waals surface area contributed by atoms with Crippen LogP contribution >= 0.6 is 24.2 Å². The van der Waals surface area contributed by atoms with Crippen molar-refractivity contribution >= 4 is 34.8 Å². The quantitative estimate of drug-likeness (QED) is 0.224. The summed E-state index contributed by atoms with van der Waals surface area (Å²) < 4.78 is 3.34. The molecule has 3 rings (SSSR count). The number of nitrogens with one attached hydrogen (secondary N) is 2. The molecule has 1 aromatic heterocycles. The summed E-state index contributed by atoms with van der Waals surface area (Å²) in [6.07, 6.45) is 3.75. The van der Waals surface area contributed by atoms with Crippen LogP contribution in [0.2, 0.25) is 0 Å². The Morgan fingerprint density at radius 1 is 1.10 bits per heavy atom. The molecule has 0 aliphatic carbocycles. The molecule has 1 atom stereocenters. The second kappa shape index (κ2) is 10.9. The van der Waals surface area contributed by atoms with Gasteiger partial charge in [-0.25, -0.2) is 0 Å². The Balaban J connectivity index is 1.39. The van der Waals surface area contributed by atoms with Crippen LogP contribution in [0.25, 0.3) is 0 Å². The predicted octanol–water partition coefficient (Wildman–Crippen LogP) is 3.70. The highest BCUT2D eigenvalue weighted by atomic mass is 32.2. The Morgan fingerprint density at radius 2 is 1.86 bits per heavy atom. The maximum atomic E-state index is 10.1. The highest BCUT2D eigenvalue weighted by Crippen LogP contribution is 2.22. The van der Waals surface area contributed by atoms with Crippen molar-refractivity contribution in [3.8, 4) is 0 Å². The molecule has 7 heteroatoms. The number of benzene rings is 2. The molecule has 3 aromatic rings. The van der Waals surface area contributed by atoms with E-state index in [2.05, 4.69) is 39.3 Å². The summed E-state index contributed by atoms with van der Waals surface area (Å²) in [5.41, 5.74) is 9.59. The van der Waals surface area contributed by atoms with Crippen molar-refractivity contribution in [1.82, 2.24) is 10.3 Å². The van der Waals surface area contributed by atoms with Crippen molar-refractivity contribution in [2.45, 2.75) is 17.4 Å². The van der Waals surface area contributed by atoms with Crippen LogP contribution in [-0.4, -0.2) is 28.2 Å². The van der Waals surface area contributed by atoms with E-state index in [1.165, 1.54) is 5.56 Å². The van der Waals surface area contributed by atoms with Crippen molar-refractivity contribution in [3.05, 3.63) is 89.7 Å². The van der Waals surface area contributed by atoms with E-state index in [9.17, 15) is 5.11 Å². The minimum Gasteiger partial charge on any atom is -0.389 e. The molecule has 0 saturated heterocycles. The van der Waals surface area contributed by atoms with Gasteiger partial charge in [-0.2, -0.15) is 0 Å². The number of hydrogen-bond donors (Lipinski definition) is 4. The second-order valence-corrected chi connectivity index (χ2v) is 7.87. The van der Waals surface area contributed by atoms with Gasteiger partial charge in [0.05, 0.1) is 6.10 Å². The number of thiocarbonyl (C=S) groups is 1. The van der Waals surface area contributed by atoms with Crippen molar-refractivity contribution < 1.29 is 5.11 Å². The molecule has 0 spiro atoms. The zero-order chi connectivity index (χ0) is 20.5.